The van der Waals surface area contributed by atoms with E-state index in [2.05, 4.69) is 26.0 Å². The van der Waals surface area contributed by atoms with Gasteiger partial charge in [-0.15, -0.1) is 0 Å². The molecule has 1 atom stereocenters. The molecule has 1 aliphatic rings. The first-order valence-corrected chi connectivity index (χ1v) is 5.06. The molecule has 1 aromatic carbocycles. The van der Waals surface area contributed by atoms with E-state index in [1.807, 2.05) is 23.1 Å². The Hall–Kier alpha value is -1.31. The number of benzene rings is 1. The summed E-state index contributed by atoms with van der Waals surface area (Å²) in [7, 11) is 0. The fourth-order valence-corrected chi connectivity index (χ4v) is 2.03. The Bertz CT molecular complexity index is 331. The predicted molar refractivity (Wildman–Crippen MR) is 55.8 cm³/mol. The van der Waals surface area contributed by atoms with Gasteiger partial charge in [0, 0.05) is 6.04 Å². The minimum Gasteiger partial charge on any atom is -0.333 e. The number of likely N-dealkylation sites (tertiary alicyclic amines) is 1. The summed E-state index contributed by atoms with van der Waals surface area (Å²) in [5.41, 5.74) is 1.25. The number of hydrogen-bond acceptors (Lipinski definition) is 1. The molecule has 0 saturated carbocycles. The van der Waals surface area contributed by atoms with Crippen molar-refractivity contribution in [2.75, 3.05) is 0 Å². The number of hydrogen-bond donors (Lipinski definition) is 0. The molecule has 1 aliphatic heterocycles. The van der Waals surface area contributed by atoms with E-state index in [4.69, 9.17) is 0 Å². The SMILES string of the molecule is CC(C)N1C(=O)C[C@H]1c1ccccc1. The van der Waals surface area contributed by atoms with E-state index in [1.54, 1.807) is 0 Å². The van der Waals surface area contributed by atoms with Crippen molar-refractivity contribution in [3.05, 3.63) is 35.9 Å². The fourth-order valence-electron chi connectivity index (χ4n) is 2.03. The summed E-state index contributed by atoms with van der Waals surface area (Å²) in [6.07, 6.45) is 0.669. The van der Waals surface area contributed by atoms with Gasteiger partial charge in [0.15, 0.2) is 0 Å². The maximum Gasteiger partial charge on any atom is 0.225 e. The maximum atomic E-state index is 11.4. The van der Waals surface area contributed by atoms with E-state index < -0.39 is 0 Å². The lowest BCUT2D eigenvalue weighted by atomic mass is 9.92. The van der Waals surface area contributed by atoms with Crippen LogP contribution in [0, 0.1) is 0 Å². The van der Waals surface area contributed by atoms with Crippen LogP contribution in [0.4, 0.5) is 0 Å². The van der Waals surface area contributed by atoms with E-state index in [0.29, 0.717) is 18.5 Å². The molecule has 1 fully saturated rings. The van der Waals surface area contributed by atoms with Gasteiger partial charge in [0.05, 0.1) is 12.5 Å². The van der Waals surface area contributed by atoms with E-state index in [1.165, 1.54) is 5.56 Å². The predicted octanol–water partition coefficient (Wildman–Crippen LogP) is 2.37. The van der Waals surface area contributed by atoms with Crippen molar-refractivity contribution in [1.29, 1.82) is 0 Å². The van der Waals surface area contributed by atoms with Gasteiger partial charge < -0.3 is 4.90 Å². The van der Waals surface area contributed by atoms with Crippen LogP contribution in [0.5, 0.6) is 0 Å². The number of amides is 1. The van der Waals surface area contributed by atoms with Gasteiger partial charge in [-0.05, 0) is 19.4 Å². The third kappa shape index (κ3) is 1.41. The van der Waals surface area contributed by atoms with Crippen molar-refractivity contribution in [3.8, 4) is 0 Å². The number of carbonyl (C=O) groups excluding carboxylic acids is 1. The molecule has 1 aromatic rings. The molecule has 14 heavy (non-hydrogen) atoms. The second-order valence-corrected chi connectivity index (χ2v) is 4.03. The lowest BCUT2D eigenvalue weighted by Crippen LogP contribution is -2.50. The zero-order valence-electron chi connectivity index (χ0n) is 8.60. The number of carbonyl (C=O) groups is 1. The molecule has 1 saturated heterocycles. The van der Waals surface area contributed by atoms with Gasteiger partial charge in [-0.3, -0.25) is 4.79 Å². The lowest BCUT2D eigenvalue weighted by Gasteiger charge is -2.43. The molecule has 1 heterocycles. The van der Waals surface area contributed by atoms with Gasteiger partial charge in [0.25, 0.3) is 0 Å². The van der Waals surface area contributed by atoms with Crippen LogP contribution in [-0.2, 0) is 4.79 Å². The molecule has 0 unspecified atom stereocenters. The molecule has 2 heteroatoms. The van der Waals surface area contributed by atoms with Crippen molar-refractivity contribution in [1.82, 2.24) is 4.90 Å². The summed E-state index contributed by atoms with van der Waals surface area (Å²) >= 11 is 0. The first-order chi connectivity index (χ1) is 6.70. The summed E-state index contributed by atoms with van der Waals surface area (Å²) in [6.45, 7) is 4.12. The van der Waals surface area contributed by atoms with E-state index in [0.717, 1.165) is 0 Å². The van der Waals surface area contributed by atoms with Crippen molar-refractivity contribution < 1.29 is 4.79 Å². The maximum absolute atomic E-state index is 11.4. The zero-order chi connectivity index (χ0) is 10.1. The Labute approximate surface area is 84.5 Å². The van der Waals surface area contributed by atoms with Crippen molar-refractivity contribution >= 4 is 5.91 Å². The molecule has 2 nitrogen and oxygen atoms in total. The smallest absolute Gasteiger partial charge is 0.225 e. The third-order valence-corrected chi connectivity index (χ3v) is 2.73. The fraction of sp³-hybridized carbons (Fsp3) is 0.417. The van der Waals surface area contributed by atoms with Crippen LogP contribution < -0.4 is 0 Å². The molecule has 0 aliphatic carbocycles. The highest BCUT2D eigenvalue weighted by Gasteiger charge is 2.38. The Kier molecular flexibility index (Phi) is 2.28. The average Bonchev–Trinajstić information content (AvgIpc) is 2.14. The summed E-state index contributed by atoms with van der Waals surface area (Å²) in [6, 6.07) is 10.8. The average molecular weight is 189 g/mol. The van der Waals surface area contributed by atoms with Crippen molar-refractivity contribution in [2.45, 2.75) is 32.4 Å². The van der Waals surface area contributed by atoms with E-state index in [-0.39, 0.29) is 5.91 Å². The molecular weight excluding hydrogens is 174 g/mol. The highest BCUT2D eigenvalue weighted by Crippen LogP contribution is 2.35. The molecule has 74 valence electrons. The molecule has 0 aromatic heterocycles. The normalized spacial score (nSPS) is 21.2. The van der Waals surface area contributed by atoms with Gasteiger partial charge >= 0.3 is 0 Å². The number of β-lactam (4-membered cyclic amide) rings is 1. The third-order valence-electron chi connectivity index (χ3n) is 2.73. The molecule has 0 bridgehead atoms. The number of nitrogens with zero attached hydrogens (tertiary/aromatic N) is 1. The monoisotopic (exact) mass is 189 g/mol. The minimum atomic E-state index is 0.272. The van der Waals surface area contributed by atoms with Crippen LogP contribution in [0.15, 0.2) is 30.3 Å². The van der Waals surface area contributed by atoms with Crippen LogP contribution in [-0.4, -0.2) is 16.8 Å². The molecule has 0 N–H and O–H groups in total. The summed E-state index contributed by atoms with van der Waals surface area (Å²) in [4.78, 5) is 13.3. The van der Waals surface area contributed by atoms with Crippen LogP contribution in [0.25, 0.3) is 0 Å². The van der Waals surface area contributed by atoms with Gasteiger partial charge in [0.1, 0.15) is 0 Å². The van der Waals surface area contributed by atoms with Gasteiger partial charge in [-0.1, -0.05) is 30.3 Å². The van der Waals surface area contributed by atoms with Crippen molar-refractivity contribution in [3.63, 3.8) is 0 Å². The molecule has 1 amide bonds. The lowest BCUT2D eigenvalue weighted by molar-refractivity contribution is -0.149. The highest BCUT2D eigenvalue weighted by molar-refractivity contribution is 5.83. The second-order valence-electron chi connectivity index (χ2n) is 4.03. The quantitative estimate of drug-likeness (QED) is 0.654. The minimum absolute atomic E-state index is 0.272. The Morgan fingerprint density at radius 3 is 2.43 bits per heavy atom. The van der Waals surface area contributed by atoms with E-state index >= 15 is 0 Å². The molecule has 0 spiro atoms. The van der Waals surface area contributed by atoms with Gasteiger partial charge in [-0.2, -0.15) is 0 Å². The summed E-state index contributed by atoms with van der Waals surface area (Å²) < 4.78 is 0. The van der Waals surface area contributed by atoms with Crippen molar-refractivity contribution in [2.24, 2.45) is 0 Å². The Morgan fingerprint density at radius 1 is 1.29 bits per heavy atom. The Balaban J connectivity index is 2.18. The van der Waals surface area contributed by atoms with E-state index in [9.17, 15) is 4.79 Å². The molecule has 0 radical (unpaired) electrons. The zero-order valence-corrected chi connectivity index (χ0v) is 8.60. The first kappa shape index (κ1) is 9.25. The van der Waals surface area contributed by atoms with Crippen LogP contribution >= 0.6 is 0 Å². The second kappa shape index (κ2) is 3.45. The first-order valence-electron chi connectivity index (χ1n) is 5.06. The topological polar surface area (TPSA) is 20.3 Å². The molecule has 2 rings (SSSR count). The van der Waals surface area contributed by atoms with Gasteiger partial charge in [-0.25, -0.2) is 0 Å². The largest absolute Gasteiger partial charge is 0.333 e. The Morgan fingerprint density at radius 2 is 1.93 bits per heavy atom. The van der Waals surface area contributed by atoms with Gasteiger partial charge in [0.2, 0.25) is 5.91 Å². The standard InChI is InChI=1S/C12H15NO/c1-9(2)13-11(8-12(13)14)10-6-4-3-5-7-10/h3-7,9,11H,8H2,1-2H3/t11-/m0/s1. The van der Waals surface area contributed by atoms with Crippen LogP contribution in [0.3, 0.4) is 0 Å². The highest BCUT2D eigenvalue weighted by atomic mass is 16.2. The summed E-state index contributed by atoms with van der Waals surface area (Å²) in [5.74, 6) is 0.272. The summed E-state index contributed by atoms with van der Waals surface area (Å²) in [5, 5.41) is 0. The number of rotatable bonds is 2. The van der Waals surface area contributed by atoms with Crippen LogP contribution in [0.2, 0.25) is 0 Å². The van der Waals surface area contributed by atoms with Crippen LogP contribution in [0.1, 0.15) is 31.9 Å². The molecular formula is C12H15NO.